The number of amides is 1. The van der Waals surface area contributed by atoms with E-state index in [-0.39, 0.29) is 12.5 Å². The predicted molar refractivity (Wildman–Crippen MR) is 121 cm³/mol. The van der Waals surface area contributed by atoms with Crippen LogP contribution in [0.4, 0.5) is 0 Å². The zero-order chi connectivity index (χ0) is 21.0. The standard InChI is InChI=1S/C20H17Cl2NO4S2/c1-11-7-13(3-4-14(11)21)26-5-6-27-18-15(22)8-12(9-16(18)25-2)10-17-19(24)23-20(28)29-17/h3-4,7-10H,5-6H2,1-2H3,(H,23,24,28)/b17-10-. The molecule has 1 N–H and O–H groups in total. The summed E-state index contributed by atoms with van der Waals surface area (Å²) in [4.78, 5) is 12.3. The quantitative estimate of drug-likeness (QED) is 0.339. The van der Waals surface area contributed by atoms with Crippen molar-refractivity contribution >= 4 is 63.5 Å². The molecule has 0 radical (unpaired) electrons. The molecule has 1 aliphatic heterocycles. The van der Waals surface area contributed by atoms with E-state index in [1.807, 2.05) is 13.0 Å². The third-order valence-electron chi connectivity index (χ3n) is 3.92. The molecule has 5 nitrogen and oxygen atoms in total. The summed E-state index contributed by atoms with van der Waals surface area (Å²) >= 11 is 18.6. The lowest BCUT2D eigenvalue weighted by Crippen LogP contribution is -2.17. The zero-order valence-electron chi connectivity index (χ0n) is 15.6. The minimum absolute atomic E-state index is 0.231. The van der Waals surface area contributed by atoms with Crippen molar-refractivity contribution in [1.82, 2.24) is 5.32 Å². The van der Waals surface area contributed by atoms with Gasteiger partial charge in [0.1, 0.15) is 23.3 Å². The van der Waals surface area contributed by atoms with Gasteiger partial charge in [-0.3, -0.25) is 4.79 Å². The maximum atomic E-state index is 11.8. The fourth-order valence-corrected chi connectivity index (χ4v) is 3.98. The van der Waals surface area contributed by atoms with Crippen LogP contribution in [0.25, 0.3) is 6.08 Å². The third kappa shape index (κ3) is 5.57. The van der Waals surface area contributed by atoms with Crippen LogP contribution in [-0.4, -0.2) is 30.6 Å². The number of hydrogen-bond acceptors (Lipinski definition) is 6. The normalized spacial score (nSPS) is 14.8. The second kappa shape index (κ2) is 9.71. The molecule has 2 aromatic carbocycles. The number of aryl methyl sites for hydroxylation is 1. The van der Waals surface area contributed by atoms with Gasteiger partial charge in [0, 0.05) is 5.02 Å². The Morgan fingerprint density at radius 3 is 2.55 bits per heavy atom. The lowest BCUT2D eigenvalue weighted by molar-refractivity contribution is -0.115. The predicted octanol–water partition coefficient (Wildman–Crippen LogP) is 5.26. The van der Waals surface area contributed by atoms with E-state index in [2.05, 4.69) is 5.32 Å². The van der Waals surface area contributed by atoms with Crippen LogP contribution in [0, 0.1) is 6.92 Å². The van der Waals surface area contributed by atoms with Gasteiger partial charge in [0.05, 0.1) is 17.0 Å². The fourth-order valence-electron chi connectivity index (χ4n) is 2.55. The molecule has 0 spiro atoms. The Morgan fingerprint density at radius 1 is 1.14 bits per heavy atom. The summed E-state index contributed by atoms with van der Waals surface area (Å²) < 4.78 is 17.3. The first-order chi connectivity index (χ1) is 13.9. The van der Waals surface area contributed by atoms with Crippen LogP contribution in [0.2, 0.25) is 10.0 Å². The maximum absolute atomic E-state index is 11.8. The number of thiocarbonyl (C=S) groups is 1. The molecular weight excluding hydrogens is 453 g/mol. The van der Waals surface area contributed by atoms with E-state index >= 15 is 0 Å². The van der Waals surface area contributed by atoms with Crippen molar-refractivity contribution in [3.8, 4) is 17.2 Å². The Morgan fingerprint density at radius 2 is 1.90 bits per heavy atom. The van der Waals surface area contributed by atoms with E-state index in [0.717, 1.165) is 5.56 Å². The second-order valence-corrected chi connectivity index (χ2v) is 8.53. The number of thioether (sulfide) groups is 1. The van der Waals surface area contributed by atoms with Gasteiger partial charge in [0.25, 0.3) is 5.91 Å². The Kier molecular flexibility index (Phi) is 7.29. The molecule has 0 aliphatic carbocycles. The Hall–Kier alpha value is -1.93. The minimum atomic E-state index is -0.231. The van der Waals surface area contributed by atoms with Gasteiger partial charge >= 0.3 is 0 Å². The molecule has 29 heavy (non-hydrogen) atoms. The summed E-state index contributed by atoms with van der Waals surface area (Å²) in [5, 5.41) is 3.63. The molecule has 2 aromatic rings. The Bertz CT molecular complexity index is 995. The molecule has 0 atom stereocenters. The summed E-state index contributed by atoms with van der Waals surface area (Å²) in [6.07, 6.45) is 1.70. The third-order valence-corrected chi connectivity index (χ3v) is 5.79. The van der Waals surface area contributed by atoms with Gasteiger partial charge in [-0.25, -0.2) is 0 Å². The van der Waals surface area contributed by atoms with Crippen molar-refractivity contribution in [2.75, 3.05) is 20.3 Å². The van der Waals surface area contributed by atoms with Gasteiger partial charge in [0.2, 0.25) is 0 Å². The summed E-state index contributed by atoms with van der Waals surface area (Å²) in [7, 11) is 1.52. The molecule has 0 bridgehead atoms. The number of ether oxygens (including phenoxy) is 3. The van der Waals surface area contributed by atoms with E-state index in [9.17, 15) is 4.79 Å². The number of carbonyl (C=O) groups is 1. The number of benzene rings is 2. The van der Waals surface area contributed by atoms with E-state index < -0.39 is 0 Å². The summed E-state index contributed by atoms with van der Waals surface area (Å²) in [6.45, 7) is 2.50. The number of halogens is 2. The highest BCUT2D eigenvalue weighted by Crippen LogP contribution is 2.38. The number of carbonyl (C=O) groups excluding carboxylic acids is 1. The summed E-state index contributed by atoms with van der Waals surface area (Å²) in [5.41, 5.74) is 1.64. The minimum Gasteiger partial charge on any atom is -0.493 e. The van der Waals surface area contributed by atoms with E-state index in [0.29, 0.717) is 48.7 Å². The molecule has 1 heterocycles. The van der Waals surface area contributed by atoms with Crippen LogP contribution in [0.3, 0.4) is 0 Å². The molecule has 3 rings (SSSR count). The van der Waals surface area contributed by atoms with Crippen LogP contribution >= 0.6 is 47.2 Å². The lowest BCUT2D eigenvalue weighted by atomic mass is 10.2. The van der Waals surface area contributed by atoms with Gasteiger partial charge in [-0.1, -0.05) is 47.2 Å². The Labute approximate surface area is 188 Å². The SMILES string of the molecule is COc1cc(/C=C2\SC(=S)NC2=O)cc(Cl)c1OCCOc1ccc(Cl)c(C)c1. The van der Waals surface area contributed by atoms with Crippen LogP contribution < -0.4 is 19.5 Å². The summed E-state index contributed by atoms with van der Waals surface area (Å²) in [5.74, 6) is 1.34. The monoisotopic (exact) mass is 469 g/mol. The molecule has 0 saturated carbocycles. The van der Waals surface area contributed by atoms with Crippen molar-refractivity contribution in [3.63, 3.8) is 0 Å². The number of nitrogens with one attached hydrogen (secondary N) is 1. The van der Waals surface area contributed by atoms with Crippen LogP contribution in [0.1, 0.15) is 11.1 Å². The van der Waals surface area contributed by atoms with Crippen molar-refractivity contribution in [2.45, 2.75) is 6.92 Å². The topological polar surface area (TPSA) is 56.8 Å². The molecule has 152 valence electrons. The van der Waals surface area contributed by atoms with E-state index in [4.69, 9.17) is 49.6 Å². The number of methoxy groups -OCH3 is 1. The van der Waals surface area contributed by atoms with E-state index in [1.54, 1.807) is 30.3 Å². The number of rotatable bonds is 7. The fraction of sp³-hybridized carbons (Fsp3) is 0.200. The molecule has 1 amide bonds. The first kappa shape index (κ1) is 21.8. The maximum Gasteiger partial charge on any atom is 0.263 e. The van der Waals surface area contributed by atoms with Crippen LogP contribution in [0.15, 0.2) is 35.2 Å². The van der Waals surface area contributed by atoms with Crippen molar-refractivity contribution in [2.24, 2.45) is 0 Å². The van der Waals surface area contributed by atoms with Gasteiger partial charge in [-0.2, -0.15) is 0 Å². The molecule has 1 fully saturated rings. The van der Waals surface area contributed by atoms with Crippen LogP contribution in [0.5, 0.6) is 17.2 Å². The highest BCUT2D eigenvalue weighted by atomic mass is 35.5. The molecular formula is C20H17Cl2NO4S2. The smallest absolute Gasteiger partial charge is 0.263 e. The molecule has 9 heteroatoms. The van der Waals surface area contributed by atoms with E-state index in [1.165, 1.54) is 18.9 Å². The average molecular weight is 470 g/mol. The van der Waals surface area contributed by atoms with Gasteiger partial charge in [0.15, 0.2) is 11.5 Å². The number of hydrogen-bond donors (Lipinski definition) is 1. The Balaban J connectivity index is 1.66. The van der Waals surface area contributed by atoms with Crippen LogP contribution in [-0.2, 0) is 4.79 Å². The molecule has 0 unspecified atom stereocenters. The largest absolute Gasteiger partial charge is 0.493 e. The van der Waals surface area contributed by atoms with Crippen molar-refractivity contribution in [1.29, 1.82) is 0 Å². The summed E-state index contributed by atoms with van der Waals surface area (Å²) in [6, 6.07) is 8.89. The first-order valence-electron chi connectivity index (χ1n) is 8.51. The van der Waals surface area contributed by atoms with Gasteiger partial charge < -0.3 is 19.5 Å². The molecule has 1 saturated heterocycles. The lowest BCUT2D eigenvalue weighted by Gasteiger charge is -2.14. The van der Waals surface area contributed by atoms with Crippen molar-refractivity contribution < 1.29 is 19.0 Å². The molecule has 1 aliphatic rings. The highest BCUT2D eigenvalue weighted by Gasteiger charge is 2.22. The zero-order valence-corrected chi connectivity index (χ0v) is 18.7. The van der Waals surface area contributed by atoms with Gasteiger partial charge in [-0.05, 0) is 54.5 Å². The highest BCUT2D eigenvalue weighted by molar-refractivity contribution is 8.26. The van der Waals surface area contributed by atoms with Gasteiger partial charge in [-0.15, -0.1) is 0 Å². The first-order valence-corrected chi connectivity index (χ1v) is 10.5. The van der Waals surface area contributed by atoms with Crippen molar-refractivity contribution in [3.05, 3.63) is 56.4 Å². The second-order valence-electron chi connectivity index (χ2n) is 5.99. The molecule has 0 aromatic heterocycles. The average Bonchev–Trinajstić information content (AvgIpc) is 2.99.